The predicted molar refractivity (Wildman–Crippen MR) is 114 cm³/mol. The molecule has 0 saturated carbocycles. The molecule has 1 aromatic heterocycles. The second kappa shape index (κ2) is 8.04. The molecule has 0 spiro atoms. The molecule has 0 radical (unpaired) electrons. The van der Waals surface area contributed by atoms with Crippen LogP contribution in [-0.2, 0) is 6.18 Å². The lowest BCUT2D eigenvalue weighted by atomic mass is 10.0. The maximum Gasteiger partial charge on any atom is 0.417 e. The molecule has 0 bridgehead atoms. The Hall–Kier alpha value is -4.38. The van der Waals surface area contributed by atoms with Crippen LogP contribution in [0.25, 0.3) is 22.0 Å². The lowest BCUT2D eigenvalue weighted by Crippen LogP contribution is -2.26. The standard InChI is InChI=1S/C24H14F3N3O2/c25-24(26,27)20-12-21(16-7-2-1-3-8-16)30(23(32)18(20)13-28)29-14-19-17-9-5-4-6-15(17)10-11-22(19)31/h1-12,14,31H/b29-14-. The molecule has 8 heteroatoms. The molecule has 0 saturated heterocycles. The van der Waals surface area contributed by atoms with Gasteiger partial charge in [0, 0.05) is 11.1 Å². The van der Waals surface area contributed by atoms with E-state index >= 15 is 0 Å². The van der Waals surface area contributed by atoms with Gasteiger partial charge in [0.05, 0.1) is 17.5 Å². The van der Waals surface area contributed by atoms with Crippen molar-refractivity contribution >= 4 is 17.0 Å². The van der Waals surface area contributed by atoms with Crippen LogP contribution in [0.2, 0.25) is 0 Å². The third-order valence-corrected chi connectivity index (χ3v) is 4.92. The largest absolute Gasteiger partial charge is 0.507 e. The van der Waals surface area contributed by atoms with E-state index in [1.807, 2.05) is 12.1 Å². The summed E-state index contributed by atoms with van der Waals surface area (Å²) in [6.45, 7) is 0. The molecule has 3 aromatic carbocycles. The minimum Gasteiger partial charge on any atom is -0.507 e. The molecule has 32 heavy (non-hydrogen) atoms. The Morgan fingerprint density at radius 3 is 2.38 bits per heavy atom. The number of aromatic hydroxyl groups is 1. The highest BCUT2D eigenvalue weighted by Gasteiger charge is 2.36. The third kappa shape index (κ3) is 3.72. The van der Waals surface area contributed by atoms with Crippen molar-refractivity contribution < 1.29 is 18.3 Å². The average molecular weight is 433 g/mol. The quantitative estimate of drug-likeness (QED) is 0.454. The zero-order valence-corrected chi connectivity index (χ0v) is 16.3. The van der Waals surface area contributed by atoms with Gasteiger partial charge in [-0.05, 0) is 22.9 Å². The van der Waals surface area contributed by atoms with Crippen molar-refractivity contribution in [3.05, 3.63) is 99.8 Å². The van der Waals surface area contributed by atoms with E-state index in [2.05, 4.69) is 5.10 Å². The molecular weight excluding hydrogens is 419 g/mol. The Kier molecular flexibility index (Phi) is 5.24. The summed E-state index contributed by atoms with van der Waals surface area (Å²) < 4.78 is 41.4. The summed E-state index contributed by atoms with van der Waals surface area (Å²) in [6, 6.07) is 20.3. The van der Waals surface area contributed by atoms with Crippen LogP contribution >= 0.6 is 0 Å². The summed E-state index contributed by atoms with van der Waals surface area (Å²) >= 11 is 0. The van der Waals surface area contributed by atoms with Crippen molar-refractivity contribution in [1.82, 2.24) is 4.68 Å². The molecule has 0 unspecified atom stereocenters. The van der Waals surface area contributed by atoms with Crippen LogP contribution in [0.4, 0.5) is 13.2 Å². The minimum absolute atomic E-state index is 0.117. The summed E-state index contributed by atoms with van der Waals surface area (Å²) in [4.78, 5) is 12.9. The van der Waals surface area contributed by atoms with E-state index in [-0.39, 0.29) is 17.0 Å². The van der Waals surface area contributed by atoms with Crippen LogP contribution in [0.3, 0.4) is 0 Å². The van der Waals surface area contributed by atoms with E-state index < -0.39 is 22.9 Å². The molecule has 4 aromatic rings. The minimum atomic E-state index is -4.90. The van der Waals surface area contributed by atoms with Crippen molar-refractivity contribution in [3.8, 4) is 23.1 Å². The second-order valence-electron chi connectivity index (χ2n) is 6.87. The van der Waals surface area contributed by atoms with E-state index in [4.69, 9.17) is 0 Å². The second-order valence-corrected chi connectivity index (χ2v) is 6.87. The van der Waals surface area contributed by atoms with E-state index in [1.165, 1.54) is 30.5 Å². The van der Waals surface area contributed by atoms with Gasteiger partial charge in [-0.15, -0.1) is 0 Å². The molecule has 1 N–H and O–H groups in total. The number of hydrogen-bond acceptors (Lipinski definition) is 4. The van der Waals surface area contributed by atoms with Gasteiger partial charge < -0.3 is 5.11 Å². The molecule has 0 amide bonds. The highest BCUT2D eigenvalue weighted by Crippen LogP contribution is 2.33. The number of benzene rings is 3. The van der Waals surface area contributed by atoms with E-state index in [1.54, 1.807) is 36.4 Å². The van der Waals surface area contributed by atoms with Crippen LogP contribution in [0, 0.1) is 11.3 Å². The maximum atomic E-state index is 13.6. The first-order valence-electron chi connectivity index (χ1n) is 9.39. The Balaban J connectivity index is 2.00. The van der Waals surface area contributed by atoms with Gasteiger partial charge in [0.15, 0.2) is 0 Å². The number of hydrogen-bond donors (Lipinski definition) is 1. The van der Waals surface area contributed by atoms with Crippen molar-refractivity contribution in [2.75, 3.05) is 0 Å². The highest BCUT2D eigenvalue weighted by molar-refractivity contribution is 6.02. The van der Waals surface area contributed by atoms with Gasteiger partial charge in [-0.3, -0.25) is 4.79 Å². The lowest BCUT2D eigenvalue weighted by Gasteiger charge is -2.14. The van der Waals surface area contributed by atoms with Gasteiger partial charge in [0.25, 0.3) is 5.56 Å². The number of phenols is 1. The predicted octanol–water partition coefficient (Wildman–Crippen LogP) is 5.15. The van der Waals surface area contributed by atoms with Gasteiger partial charge in [-0.2, -0.15) is 28.2 Å². The zero-order chi connectivity index (χ0) is 22.9. The maximum absolute atomic E-state index is 13.6. The summed E-state index contributed by atoms with van der Waals surface area (Å²) in [7, 11) is 0. The Morgan fingerprint density at radius 2 is 1.69 bits per heavy atom. The molecule has 0 aliphatic heterocycles. The van der Waals surface area contributed by atoms with E-state index in [0.29, 0.717) is 10.9 Å². The van der Waals surface area contributed by atoms with E-state index in [9.17, 15) is 28.3 Å². The number of nitrogens with zero attached hydrogens (tertiary/aromatic N) is 3. The monoisotopic (exact) mass is 433 g/mol. The molecule has 5 nitrogen and oxygen atoms in total. The first-order valence-corrected chi connectivity index (χ1v) is 9.39. The first-order chi connectivity index (χ1) is 15.3. The SMILES string of the molecule is N#Cc1c(C(F)(F)F)cc(-c2ccccc2)n(/N=C\c2c(O)ccc3ccccc23)c1=O. The van der Waals surface area contributed by atoms with Gasteiger partial charge in [-0.25, -0.2) is 0 Å². The number of phenolic OH excluding ortho intramolecular Hbond substituents is 1. The fourth-order valence-corrected chi connectivity index (χ4v) is 3.40. The molecular formula is C24H14F3N3O2. The molecule has 0 atom stereocenters. The number of nitriles is 1. The van der Waals surface area contributed by atoms with Crippen LogP contribution in [-0.4, -0.2) is 16.0 Å². The smallest absolute Gasteiger partial charge is 0.417 e. The number of halogens is 3. The number of rotatable bonds is 3. The first kappa shape index (κ1) is 20.9. The van der Waals surface area contributed by atoms with Gasteiger partial charge in [0.2, 0.25) is 0 Å². The Labute approximate surface area is 179 Å². The van der Waals surface area contributed by atoms with Crippen molar-refractivity contribution in [2.45, 2.75) is 6.18 Å². The van der Waals surface area contributed by atoms with Crippen LogP contribution in [0.15, 0.2) is 82.7 Å². The van der Waals surface area contributed by atoms with Crippen LogP contribution < -0.4 is 5.56 Å². The number of aromatic nitrogens is 1. The van der Waals surface area contributed by atoms with E-state index in [0.717, 1.165) is 16.1 Å². The molecule has 0 aliphatic carbocycles. The normalized spacial score (nSPS) is 11.7. The van der Waals surface area contributed by atoms with Crippen molar-refractivity contribution in [1.29, 1.82) is 5.26 Å². The summed E-state index contributed by atoms with van der Waals surface area (Å²) in [5.41, 5.74) is -3.15. The third-order valence-electron chi connectivity index (χ3n) is 4.92. The van der Waals surface area contributed by atoms with Crippen molar-refractivity contribution in [2.24, 2.45) is 5.10 Å². The van der Waals surface area contributed by atoms with Gasteiger partial charge in [0.1, 0.15) is 17.4 Å². The topological polar surface area (TPSA) is 78.4 Å². The molecule has 0 aliphatic rings. The fraction of sp³-hybridized carbons (Fsp3) is 0.0417. The zero-order valence-electron chi connectivity index (χ0n) is 16.3. The van der Waals surface area contributed by atoms with Gasteiger partial charge in [-0.1, -0.05) is 60.7 Å². The Bertz CT molecular complexity index is 1450. The highest BCUT2D eigenvalue weighted by atomic mass is 19.4. The summed E-state index contributed by atoms with van der Waals surface area (Å²) in [5, 5.41) is 25.1. The van der Waals surface area contributed by atoms with Crippen LogP contribution in [0.5, 0.6) is 5.75 Å². The number of fused-ring (bicyclic) bond motifs is 1. The molecule has 0 fully saturated rings. The summed E-state index contributed by atoms with van der Waals surface area (Å²) in [5.74, 6) is -0.117. The molecule has 158 valence electrons. The summed E-state index contributed by atoms with van der Waals surface area (Å²) in [6.07, 6.45) is -3.70. The Morgan fingerprint density at radius 1 is 1.00 bits per heavy atom. The fourth-order valence-electron chi connectivity index (χ4n) is 3.40. The molecule has 4 rings (SSSR count). The van der Waals surface area contributed by atoms with Gasteiger partial charge >= 0.3 is 6.18 Å². The average Bonchev–Trinajstić information content (AvgIpc) is 2.78. The molecule has 1 heterocycles. The number of pyridine rings is 1. The lowest BCUT2D eigenvalue weighted by molar-refractivity contribution is -0.137. The number of alkyl halides is 3. The van der Waals surface area contributed by atoms with Crippen molar-refractivity contribution in [3.63, 3.8) is 0 Å². The van der Waals surface area contributed by atoms with Crippen LogP contribution in [0.1, 0.15) is 16.7 Å².